The zero-order valence-corrected chi connectivity index (χ0v) is 20.4. The highest BCUT2D eigenvalue weighted by Crippen LogP contribution is 2.47. The summed E-state index contributed by atoms with van der Waals surface area (Å²) in [7, 11) is 3.04. The number of imide groups is 1. The fraction of sp³-hybridized carbons (Fsp3) is 0.407. The minimum Gasteiger partial charge on any atom is -0.493 e. The summed E-state index contributed by atoms with van der Waals surface area (Å²) in [4.78, 5) is 53.8. The molecule has 188 valence electrons. The number of piperidine rings is 1. The zero-order chi connectivity index (χ0) is 25.4. The van der Waals surface area contributed by atoms with E-state index in [1.165, 1.54) is 19.1 Å². The van der Waals surface area contributed by atoms with E-state index in [1.54, 1.807) is 41.3 Å². The van der Waals surface area contributed by atoms with Crippen LogP contribution in [0.5, 0.6) is 17.2 Å². The molecular weight excluding hydrogens is 464 g/mol. The van der Waals surface area contributed by atoms with Crippen molar-refractivity contribution in [1.82, 2.24) is 9.80 Å². The molecule has 0 N–H and O–H groups in total. The van der Waals surface area contributed by atoms with Gasteiger partial charge >= 0.3 is 0 Å². The van der Waals surface area contributed by atoms with Crippen LogP contribution in [0.2, 0.25) is 0 Å². The lowest BCUT2D eigenvalue weighted by molar-refractivity contribution is -0.135. The Kier molecular flexibility index (Phi) is 6.15. The maximum Gasteiger partial charge on any atom is 0.261 e. The summed E-state index contributed by atoms with van der Waals surface area (Å²) in [5, 5.41) is 0. The van der Waals surface area contributed by atoms with Crippen LogP contribution in [0.3, 0.4) is 0 Å². The number of ether oxygens (including phenoxy) is 3. The first kappa shape index (κ1) is 23.8. The van der Waals surface area contributed by atoms with Gasteiger partial charge in [0, 0.05) is 38.9 Å². The minimum atomic E-state index is -0.694. The van der Waals surface area contributed by atoms with Crippen molar-refractivity contribution in [3.05, 3.63) is 53.1 Å². The Morgan fingerprint density at radius 1 is 0.944 bits per heavy atom. The van der Waals surface area contributed by atoms with Crippen molar-refractivity contribution in [3.8, 4) is 17.2 Å². The molecule has 1 spiro atoms. The summed E-state index contributed by atoms with van der Waals surface area (Å²) in [5.74, 6) is 0.611. The number of carbonyl (C=O) groups excluding carboxylic acids is 4. The van der Waals surface area contributed by atoms with Crippen molar-refractivity contribution in [3.63, 3.8) is 0 Å². The van der Waals surface area contributed by atoms with Gasteiger partial charge in [0.05, 0.1) is 37.3 Å². The number of likely N-dealkylation sites (tertiary alicyclic amines) is 1. The lowest BCUT2D eigenvalue weighted by Gasteiger charge is -2.44. The standard InChI is InChI=1S/C27H28N2O7/c1-34-21-10-9-19-20(30)16-27(36-23(19)24(21)35-2)11-14-28(15-12-27)22(31)8-5-13-29-25(32)17-6-3-4-7-18(17)26(29)33/h3-4,6-7,9-10H,5,8,11-16H2,1-2H3. The van der Waals surface area contributed by atoms with E-state index in [2.05, 4.69) is 0 Å². The number of benzene rings is 2. The summed E-state index contributed by atoms with van der Waals surface area (Å²) >= 11 is 0. The summed E-state index contributed by atoms with van der Waals surface area (Å²) in [5.41, 5.74) is 0.603. The Hall–Kier alpha value is -3.88. The van der Waals surface area contributed by atoms with Crippen molar-refractivity contribution < 1.29 is 33.4 Å². The van der Waals surface area contributed by atoms with E-state index in [9.17, 15) is 19.2 Å². The average molecular weight is 493 g/mol. The highest BCUT2D eigenvalue weighted by molar-refractivity contribution is 6.21. The predicted molar refractivity (Wildman–Crippen MR) is 129 cm³/mol. The molecule has 2 aromatic carbocycles. The number of Topliss-reactive ketones (excluding diaryl/α,β-unsaturated/α-hetero) is 1. The van der Waals surface area contributed by atoms with Crippen LogP contribution in [-0.4, -0.2) is 72.8 Å². The van der Waals surface area contributed by atoms with Gasteiger partial charge in [-0.05, 0) is 30.7 Å². The quantitative estimate of drug-likeness (QED) is 0.571. The number of ketones is 1. The smallest absolute Gasteiger partial charge is 0.261 e. The molecule has 2 aromatic rings. The molecule has 9 nitrogen and oxygen atoms in total. The maximum atomic E-state index is 12.9. The van der Waals surface area contributed by atoms with E-state index < -0.39 is 5.60 Å². The first-order chi connectivity index (χ1) is 17.4. The average Bonchev–Trinajstić information content (AvgIpc) is 3.13. The number of carbonyl (C=O) groups is 4. The molecular formula is C27H28N2O7. The first-order valence-corrected chi connectivity index (χ1v) is 12.1. The maximum absolute atomic E-state index is 12.9. The summed E-state index contributed by atoms with van der Waals surface area (Å²) in [6.07, 6.45) is 1.90. The molecule has 3 aliphatic rings. The molecule has 0 aromatic heterocycles. The number of rotatable bonds is 6. The Morgan fingerprint density at radius 2 is 1.61 bits per heavy atom. The number of hydrogen-bond acceptors (Lipinski definition) is 7. The zero-order valence-electron chi connectivity index (χ0n) is 20.4. The molecule has 0 radical (unpaired) electrons. The van der Waals surface area contributed by atoms with Gasteiger partial charge in [-0.3, -0.25) is 24.1 Å². The third-order valence-corrected chi connectivity index (χ3v) is 7.28. The molecule has 36 heavy (non-hydrogen) atoms. The van der Waals surface area contributed by atoms with E-state index in [0.29, 0.717) is 66.3 Å². The second-order valence-corrected chi connectivity index (χ2v) is 9.35. The normalized spacial score (nSPS) is 18.1. The van der Waals surface area contributed by atoms with Crippen LogP contribution in [0.15, 0.2) is 36.4 Å². The Balaban J connectivity index is 1.17. The second-order valence-electron chi connectivity index (χ2n) is 9.35. The van der Waals surface area contributed by atoms with Crippen LogP contribution < -0.4 is 14.2 Å². The van der Waals surface area contributed by atoms with Gasteiger partial charge in [0.1, 0.15) is 5.60 Å². The van der Waals surface area contributed by atoms with Gasteiger partial charge in [-0.1, -0.05) is 12.1 Å². The van der Waals surface area contributed by atoms with Crippen LogP contribution in [0.4, 0.5) is 0 Å². The largest absolute Gasteiger partial charge is 0.493 e. The SMILES string of the molecule is COc1ccc2c(c1OC)OC1(CCN(C(=O)CCCN3C(=O)c4ccccc4C3=O)CC1)CC2=O. The second kappa shape index (κ2) is 9.29. The van der Waals surface area contributed by atoms with Crippen molar-refractivity contribution in [2.75, 3.05) is 33.9 Å². The van der Waals surface area contributed by atoms with Gasteiger partial charge in [0.25, 0.3) is 11.8 Å². The van der Waals surface area contributed by atoms with Crippen LogP contribution in [0, 0.1) is 0 Å². The number of amides is 3. The van der Waals surface area contributed by atoms with E-state index >= 15 is 0 Å². The molecule has 3 amide bonds. The molecule has 1 saturated heterocycles. The molecule has 5 rings (SSSR count). The van der Waals surface area contributed by atoms with E-state index in [4.69, 9.17) is 14.2 Å². The van der Waals surface area contributed by atoms with E-state index in [1.807, 2.05) is 0 Å². The van der Waals surface area contributed by atoms with Gasteiger partial charge < -0.3 is 19.1 Å². The highest BCUT2D eigenvalue weighted by atomic mass is 16.5. The lowest BCUT2D eigenvalue weighted by atomic mass is 9.82. The molecule has 3 aliphatic heterocycles. The number of hydrogen-bond donors (Lipinski definition) is 0. The van der Waals surface area contributed by atoms with Gasteiger partial charge in [0.15, 0.2) is 17.3 Å². The van der Waals surface area contributed by atoms with Gasteiger partial charge in [-0.15, -0.1) is 0 Å². The van der Waals surface area contributed by atoms with Crippen LogP contribution in [0.1, 0.15) is 63.2 Å². The molecule has 0 saturated carbocycles. The minimum absolute atomic E-state index is 0.0158. The third-order valence-electron chi connectivity index (χ3n) is 7.28. The Labute approximate surface area is 208 Å². The Morgan fingerprint density at radius 3 is 2.22 bits per heavy atom. The molecule has 3 heterocycles. The number of fused-ring (bicyclic) bond motifs is 2. The molecule has 0 bridgehead atoms. The van der Waals surface area contributed by atoms with Crippen molar-refractivity contribution >= 4 is 23.5 Å². The first-order valence-electron chi connectivity index (χ1n) is 12.1. The molecule has 1 fully saturated rings. The monoisotopic (exact) mass is 492 g/mol. The Bertz CT molecular complexity index is 1210. The van der Waals surface area contributed by atoms with Gasteiger partial charge in [-0.2, -0.15) is 0 Å². The van der Waals surface area contributed by atoms with Crippen LogP contribution in [-0.2, 0) is 4.79 Å². The summed E-state index contributed by atoms with van der Waals surface area (Å²) < 4.78 is 17.2. The molecule has 9 heteroatoms. The van der Waals surface area contributed by atoms with E-state index in [0.717, 1.165) is 0 Å². The summed E-state index contributed by atoms with van der Waals surface area (Å²) in [6.45, 7) is 1.12. The fourth-order valence-corrected chi connectivity index (χ4v) is 5.29. The topological polar surface area (TPSA) is 102 Å². The van der Waals surface area contributed by atoms with Gasteiger partial charge in [0.2, 0.25) is 11.7 Å². The van der Waals surface area contributed by atoms with Crippen molar-refractivity contribution in [1.29, 1.82) is 0 Å². The predicted octanol–water partition coefficient (Wildman–Crippen LogP) is 3.11. The molecule has 0 atom stereocenters. The molecule has 0 aliphatic carbocycles. The van der Waals surface area contributed by atoms with Crippen LogP contribution in [0.25, 0.3) is 0 Å². The fourth-order valence-electron chi connectivity index (χ4n) is 5.29. The number of nitrogens with zero attached hydrogens (tertiary/aromatic N) is 2. The van der Waals surface area contributed by atoms with E-state index in [-0.39, 0.29) is 42.9 Å². The molecule has 0 unspecified atom stereocenters. The van der Waals surface area contributed by atoms with Crippen molar-refractivity contribution in [2.45, 2.75) is 37.7 Å². The number of methoxy groups -OCH3 is 2. The third kappa shape index (κ3) is 3.98. The van der Waals surface area contributed by atoms with Crippen molar-refractivity contribution in [2.24, 2.45) is 0 Å². The highest BCUT2D eigenvalue weighted by Gasteiger charge is 2.45. The summed E-state index contributed by atoms with van der Waals surface area (Å²) in [6, 6.07) is 10.1. The van der Waals surface area contributed by atoms with Gasteiger partial charge in [-0.25, -0.2) is 0 Å². The van der Waals surface area contributed by atoms with Crippen LogP contribution >= 0.6 is 0 Å². The lowest BCUT2D eigenvalue weighted by Crippen LogP contribution is -2.52.